The Bertz CT molecular complexity index is 890. The van der Waals surface area contributed by atoms with Crippen molar-refractivity contribution in [2.75, 3.05) is 34.4 Å². The number of hydrogen-bond acceptors (Lipinski definition) is 4. The molecule has 2 aromatic carbocycles. The maximum Gasteiger partial charge on any atom is 0.253 e. The second kappa shape index (κ2) is 12.2. The quantitative estimate of drug-likeness (QED) is 0.490. The number of nitrogens with one attached hydrogen (secondary N) is 2. The van der Waals surface area contributed by atoms with Crippen LogP contribution in [0.1, 0.15) is 39.9 Å². The van der Waals surface area contributed by atoms with Gasteiger partial charge >= 0.3 is 0 Å². The van der Waals surface area contributed by atoms with Gasteiger partial charge in [0.25, 0.3) is 5.91 Å². The summed E-state index contributed by atoms with van der Waals surface area (Å²) in [7, 11) is 5.26. The van der Waals surface area contributed by atoms with E-state index in [1.807, 2.05) is 24.3 Å². The Balaban J connectivity index is 1.45. The summed E-state index contributed by atoms with van der Waals surface area (Å²) >= 11 is 0. The number of carbonyl (C=O) groups is 1. The molecule has 0 atom stereocenters. The number of guanidine groups is 1. The monoisotopic (exact) mass is 438 g/mol. The molecule has 1 heterocycles. The largest absolute Gasteiger partial charge is 0.381 e. The third-order valence-electron chi connectivity index (χ3n) is 5.40. The van der Waals surface area contributed by atoms with Crippen molar-refractivity contribution in [2.24, 2.45) is 4.99 Å². The molecule has 7 nitrogen and oxygen atoms in total. The van der Waals surface area contributed by atoms with Gasteiger partial charge in [0.2, 0.25) is 0 Å². The van der Waals surface area contributed by atoms with E-state index >= 15 is 0 Å². The highest BCUT2D eigenvalue weighted by atomic mass is 16.5. The lowest BCUT2D eigenvalue weighted by Gasteiger charge is -2.22. The molecule has 1 aliphatic rings. The second-order valence-corrected chi connectivity index (χ2v) is 8.12. The van der Waals surface area contributed by atoms with Gasteiger partial charge in [0.1, 0.15) is 0 Å². The van der Waals surface area contributed by atoms with Crippen LogP contribution in [0.15, 0.2) is 53.5 Å². The van der Waals surface area contributed by atoms with E-state index < -0.39 is 0 Å². The Morgan fingerprint density at radius 1 is 1.03 bits per heavy atom. The average Bonchev–Trinajstić information content (AvgIpc) is 2.83. The van der Waals surface area contributed by atoms with Crippen molar-refractivity contribution in [1.82, 2.24) is 15.5 Å². The Morgan fingerprint density at radius 2 is 1.69 bits per heavy atom. The maximum absolute atomic E-state index is 12.0. The molecule has 32 heavy (non-hydrogen) atoms. The molecule has 0 saturated carbocycles. The second-order valence-electron chi connectivity index (χ2n) is 8.12. The molecule has 1 saturated heterocycles. The molecule has 1 amide bonds. The van der Waals surface area contributed by atoms with Gasteiger partial charge in [-0.05, 0) is 41.7 Å². The molecule has 1 fully saturated rings. The highest BCUT2D eigenvalue weighted by Crippen LogP contribution is 2.14. The Hall–Kier alpha value is -2.90. The fraction of sp³-hybridized carbons (Fsp3) is 0.440. The molecule has 7 heteroatoms. The molecule has 0 aliphatic carbocycles. The minimum absolute atomic E-state index is 0.00220. The van der Waals surface area contributed by atoms with Crippen LogP contribution < -0.4 is 10.6 Å². The fourth-order valence-corrected chi connectivity index (χ4v) is 3.50. The first-order valence-corrected chi connectivity index (χ1v) is 11.1. The fourth-order valence-electron chi connectivity index (χ4n) is 3.50. The van der Waals surface area contributed by atoms with Crippen molar-refractivity contribution in [2.45, 2.75) is 38.6 Å². The molecule has 2 N–H and O–H groups in total. The van der Waals surface area contributed by atoms with Crippen molar-refractivity contribution in [3.8, 4) is 0 Å². The van der Waals surface area contributed by atoms with Crippen LogP contribution in [0.4, 0.5) is 0 Å². The van der Waals surface area contributed by atoms with Crippen molar-refractivity contribution < 1.29 is 14.3 Å². The van der Waals surface area contributed by atoms with Gasteiger partial charge in [-0.3, -0.25) is 9.79 Å². The van der Waals surface area contributed by atoms with E-state index in [2.05, 4.69) is 39.9 Å². The van der Waals surface area contributed by atoms with Crippen LogP contribution in [0.5, 0.6) is 0 Å². The van der Waals surface area contributed by atoms with Crippen molar-refractivity contribution >= 4 is 11.9 Å². The summed E-state index contributed by atoms with van der Waals surface area (Å²) in [5.41, 5.74) is 4.11. The predicted molar refractivity (Wildman–Crippen MR) is 127 cm³/mol. The summed E-state index contributed by atoms with van der Waals surface area (Å²) in [6.07, 6.45) is 2.24. The summed E-state index contributed by atoms with van der Waals surface area (Å²) < 4.78 is 11.4. The third kappa shape index (κ3) is 7.35. The van der Waals surface area contributed by atoms with E-state index in [0.717, 1.165) is 37.6 Å². The van der Waals surface area contributed by atoms with Crippen molar-refractivity contribution in [3.63, 3.8) is 0 Å². The number of rotatable bonds is 8. The summed E-state index contributed by atoms with van der Waals surface area (Å²) in [5, 5.41) is 6.67. The zero-order chi connectivity index (χ0) is 22.8. The Labute approximate surface area is 190 Å². The molecule has 0 radical (unpaired) electrons. The molecule has 1 aliphatic heterocycles. The van der Waals surface area contributed by atoms with E-state index in [4.69, 9.17) is 9.47 Å². The van der Waals surface area contributed by atoms with Crippen LogP contribution in [-0.4, -0.2) is 57.2 Å². The number of hydrogen-bond donors (Lipinski definition) is 2. The Kier molecular flexibility index (Phi) is 9.07. The molecule has 172 valence electrons. The maximum atomic E-state index is 12.0. The van der Waals surface area contributed by atoms with E-state index in [1.54, 1.807) is 26.0 Å². The number of amides is 1. The third-order valence-corrected chi connectivity index (χ3v) is 5.40. The van der Waals surface area contributed by atoms with Crippen LogP contribution >= 0.6 is 0 Å². The van der Waals surface area contributed by atoms with Gasteiger partial charge in [-0.15, -0.1) is 0 Å². The number of aliphatic imine (C=N–C) groups is 1. The topological polar surface area (TPSA) is 75.2 Å². The normalized spacial score (nSPS) is 14.8. The van der Waals surface area contributed by atoms with Gasteiger partial charge in [-0.25, -0.2) is 0 Å². The Morgan fingerprint density at radius 3 is 2.34 bits per heavy atom. The average molecular weight is 439 g/mol. The van der Waals surface area contributed by atoms with E-state index in [0.29, 0.717) is 31.4 Å². The lowest BCUT2D eigenvalue weighted by Crippen LogP contribution is -2.36. The summed E-state index contributed by atoms with van der Waals surface area (Å²) in [6, 6.07) is 16.0. The number of carbonyl (C=O) groups excluding carboxylic acids is 1. The molecule has 0 spiro atoms. The van der Waals surface area contributed by atoms with Crippen LogP contribution in [0.3, 0.4) is 0 Å². The lowest BCUT2D eigenvalue weighted by atomic mass is 10.1. The molecular formula is C25H34N4O3. The molecule has 0 unspecified atom stereocenters. The minimum Gasteiger partial charge on any atom is -0.381 e. The first-order chi connectivity index (χ1) is 15.5. The van der Waals surface area contributed by atoms with Crippen LogP contribution in [0.2, 0.25) is 0 Å². The van der Waals surface area contributed by atoms with Gasteiger partial charge in [-0.2, -0.15) is 0 Å². The number of benzene rings is 2. The summed E-state index contributed by atoms with van der Waals surface area (Å²) in [5.74, 6) is 0.727. The van der Waals surface area contributed by atoms with Crippen LogP contribution in [0.25, 0.3) is 0 Å². The SMILES string of the molecule is CN=C(NCc1ccc(C(=O)N(C)C)cc1)NCc1cccc(COC2CCOCC2)c1. The van der Waals surface area contributed by atoms with E-state index in [9.17, 15) is 4.79 Å². The first kappa shape index (κ1) is 23.8. The molecule has 0 bridgehead atoms. The molecule has 0 aromatic heterocycles. The highest BCUT2D eigenvalue weighted by Gasteiger charge is 2.14. The summed E-state index contributed by atoms with van der Waals surface area (Å²) in [6.45, 7) is 3.49. The van der Waals surface area contributed by atoms with Gasteiger partial charge in [0, 0.05) is 53.0 Å². The number of nitrogens with zero attached hydrogens (tertiary/aromatic N) is 2. The molecular weight excluding hydrogens is 404 g/mol. The first-order valence-electron chi connectivity index (χ1n) is 11.1. The van der Waals surface area contributed by atoms with Gasteiger partial charge in [0.15, 0.2) is 5.96 Å². The minimum atomic E-state index is 0.00220. The zero-order valence-electron chi connectivity index (χ0n) is 19.3. The van der Waals surface area contributed by atoms with Crippen molar-refractivity contribution in [3.05, 3.63) is 70.8 Å². The van der Waals surface area contributed by atoms with Gasteiger partial charge in [0.05, 0.1) is 12.7 Å². The van der Waals surface area contributed by atoms with Crippen LogP contribution in [-0.2, 0) is 29.2 Å². The standard InChI is InChI=1S/C25H34N4O3/c1-26-25(27-16-19-7-9-22(10-8-19)24(30)29(2)3)28-17-20-5-4-6-21(15-20)18-32-23-11-13-31-14-12-23/h4-10,15,23H,11-14,16-18H2,1-3H3,(H2,26,27,28). The molecule has 2 aromatic rings. The smallest absolute Gasteiger partial charge is 0.253 e. The van der Waals surface area contributed by atoms with Crippen LogP contribution in [0, 0.1) is 0 Å². The lowest BCUT2D eigenvalue weighted by molar-refractivity contribution is -0.0390. The van der Waals surface area contributed by atoms with Crippen molar-refractivity contribution in [1.29, 1.82) is 0 Å². The highest BCUT2D eigenvalue weighted by molar-refractivity contribution is 5.93. The predicted octanol–water partition coefficient (Wildman–Crippen LogP) is 2.95. The van der Waals surface area contributed by atoms with Gasteiger partial charge < -0.3 is 25.0 Å². The zero-order valence-corrected chi connectivity index (χ0v) is 19.3. The van der Waals surface area contributed by atoms with Gasteiger partial charge in [-0.1, -0.05) is 36.4 Å². The molecule has 3 rings (SSSR count). The summed E-state index contributed by atoms with van der Waals surface area (Å²) in [4.78, 5) is 17.9. The number of ether oxygens (including phenoxy) is 2. The van der Waals surface area contributed by atoms with E-state index in [-0.39, 0.29) is 5.91 Å². The van der Waals surface area contributed by atoms with E-state index in [1.165, 1.54) is 11.1 Å².